The molecule has 1 heterocycles. The minimum Gasteiger partial charge on any atom is -0.466 e. The number of ketones is 1. The minimum absolute atomic E-state index is 0.0758. The number of esters is 1. The number of ether oxygens (including phenoxy) is 1. The molecule has 0 bridgehead atoms. The molecule has 0 aliphatic carbocycles. The number of piperidine rings is 1. The normalized spacial score (nSPS) is 33.2. The van der Waals surface area contributed by atoms with Crippen LogP contribution in [0.3, 0.4) is 0 Å². The lowest BCUT2D eigenvalue weighted by atomic mass is 9.92. The zero-order valence-corrected chi connectivity index (χ0v) is 10.8. The molecule has 0 aromatic carbocycles. The number of carbonyl (C=O) groups is 2. The molecule has 0 radical (unpaired) electrons. The molecule has 98 valence electrons. The van der Waals surface area contributed by atoms with Crippen molar-refractivity contribution in [2.75, 3.05) is 6.61 Å². The van der Waals surface area contributed by atoms with Gasteiger partial charge in [0.1, 0.15) is 23.9 Å². The Labute approximate surface area is 109 Å². The summed E-state index contributed by atoms with van der Waals surface area (Å²) < 4.78 is 18.0. The van der Waals surface area contributed by atoms with Crippen LogP contribution in [0, 0.1) is 5.92 Å². The number of hydrogen-bond donors (Lipinski definition) is 1. The molecule has 1 aliphatic rings. The monoisotopic (exact) mass is 285 g/mol. The molecule has 1 fully saturated rings. The van der Waals surface area contributed by atoms with Crippen molar-refractivity contribution in [3.63, 3.8) is 0 Å². The molecule has 0 amide bonds. The maximum atomic E-state index is 13.3. The number of nitrogens with one attached hydrogen (secondary N) is 1. The number of Topliss-reactive ketones (excluding diaryl/α,β-unsaturated/α-hetero) is 1. The molecular formula is C10H14Cl2FNO3. The summed E-state index contributed by atoms with van der Waals surface area (Å²) >= 11 is 11.5. The lowest BCUT2D eigenvalue weighted by Gasteiger charge is -2.32. The van der Waals surface area contributed by atoms with Crippen LogP contribution in [0.4, 0.5) is 4.39 Å². The maximum Gasteiger partial charge on any atom is 0.313 e. The molecule has 4 atom stereocenters. The Morgan fingerprint density at radius 1 is 1.41 bits per heavy atom. The third-order valence-corrected chi connectivity index (χ3v) is 3.34. The lowest BCUT2D eigenvalue weighted by molar-refractivity contribution is -0.146. The van der Waals surface area contributed by atoms with Crippen molar-refractivity contribution in [2.45, 2.75) is 36.9 Å². The summed E-state index contributed by atoms with van der Waals surface area (Å²) in [5.74, 6) is -1.81. The van der Waals surface area contributed by atoms with Crippen LogP contribution in [0.2, 0.25) is 0 Å². The fraction of sp³-hybridized carbons (Fsp3) is 0.800. The maximum absolute atomic E-state index is 13.3. The summed E-state index contributed by atoms with van der Waals surface area (Å²) in [4.78, 5) is 22.8. The van der Waals surface area contributed by atoms with E-state index in [1.54, 1.807) is 6.92 Å². The van der Waals surface area contributed by atoms with Gasteiger partial charge in [-0.25, -0.2) is 4.39 Å². The second kappa shape index (κ2) is 6.52. The van der Waals surface area contributed by atoms with Crippen LogP contribution < -0.4 is 5.32 Å². The SMILES string of the molecule is CCOC(=O)CC(=O)C1CC(F)C(Cl)NC1Cl. The summed E-state index contributed by atoms with van der Waals surface area (Å²) in [6.45, 7) is 1.85. The highest BCUT2D eigenvalue weighted by molar-refractivity contribution is 6.24. The zero-order valence-electron chi connectivity index (χ0n) is 9.29. The van der Waals surface area contributed by atoms with E-state index in [1.165, 1.54) is 0 Å². The smallest absolute Gasteiger partial charge is 0.313 e. The van der Waals surface area contributed by atoms with Gasteiger partial charge in [0.2, 0.25) is 0 Å². The van der Waals surface area contributed by atoms with E-state index >= 15 is 0 Å². The van der Waals surface area contributed by atoms with E-state index in [0.29, 0.717) is 0 Å². The molecule has 4 unspecified atom stereocenters. The Morgan fingerprint density at radius 2 is 2.06 bits per heavy atom. The fourth-order valence-electron chi connectivity index (χ4n) is 1.63. The van der Waals surface area contributed by atoms with E-state index in [0.717, 1.165) is 0 Å². The summed E-state index contributed by atoms with van der Waals surface area (Å²) in [5, 5.41) is 2.55. The highest BCUT2D eigenvalue weighted by Gasteiger charge is 2.39. The third kappa shape index (κ3) is 4.08. The van der Waals surface area contributed by atoms with Crippen LogP contribution in [0.15, 0.2) is 0 Å². The Balaban J connectivity index is 2.54. The van der Waals surface area contributed by atoms with Gasteiger partial charge in [-0.1, -0.05) is 0 Å². The predicted molar refractivity (Wildman–Crippen MR) is 61.7 cm³/mol. The molecular weight excluding hydrogens is 272 g/mol. The molecule has 7 heteroatoms. The van der Waals surface area contributed by atoms with E-state index in [2.05, 4.69) is 10.1 Å². The highest BCUT2D eigenvalue weighted by atomic mass is 35.5. The van der Waals surface area contributed by atoms with Gasteiger partial charge in [0.05, 0.1) is 18.0 Å². The van der Waals surface area contributed by atoms with Gasteiger partial charge in [-0.2, -0.15) is 0 Å². The molecule has 4 nitrogen and oxygen atoms in total. The van der Waals surface area contributed by atoms with Crippen LogP contribution in [0.25, 0.3) is 0 Å². The quantitative estimate of drug-likeness (QED) is 0.369. The van der Waals surface area contributed by atoms with Crippen molar-refractivity contribution >= 4 is 35.0 Å². The van der Waals surface area contributed by atoms with Gasteiger partial charge in [0.15, 0.2) is 0 Å². The average molecular weight is 286 g/mol. The molecule has 1 saturated heterocycles. The van der Waals surface area contributed by atoms with Crippen LogP contribution >= 0.6 is 23.2 Å². The van der Waals surface area contributed by atoms with Crippen molar-refractivity contribution in [1.82, 2.24) is 5.32 Å². The number of halogens is 3. The van der Waals surface area contributed by atoms with Gasteiger partial charge in [0, 0.05) is 0 Å². The Kier molecular flexibility index (Phi) is 5.62. The topological polar surface area (TPSA) is 55.4 Å². The molecule has 0 aromatic heterocycles. The molecule has 1 N–H and O–H groups in total. The predicted octanol–water partition coefficient (Wildman–Crippen LogP) is 1.59. The highest BCUT2D eigenvalue weighted by Crippen LogP contribution is 2.28. The third-order valence-electron chi connectivity index (χ3n) is 2.51. The largest absolute Gasteiger partial charge is 0.466 e. The number of alkyl halides is 3. The Hall–Kier alpha value is -0.390. The van der Waals surface area contributed by atoms with Crippen molar-refractivity contribution in [3.05, 3.63) is 0 Å². The van der Waals surface area contributed by atoms with Gasteiger partial charge in [-0.15, -0.1) is 23.2 Å². The average Bonchev–Trinajstić information content (AvgIpc) is 2.23. The second-order valence-corrected chi connectivity index (χ2v) is 4.72. The molecule has 17 heavy (non-hydrogen) atoms. The van der Waals surface area contributed by atoms with Crippen molar-refractivity contribution in [2.24, 2.45) is 5.92 Å². The number of rotatable bonds is 4. The van der Waals surface area contributed by atoms with E-state index in [9.17, 15) is 14.0 Å². The van der Waals surface area contributed by atoms with Gasteiger partial charge >= 0.3 is 5.97 Å². The first-order valence-electron chi connectivity index (χ1n) is 5.32. The van der Waals surface area contributed by atoms with Gasteiger partial charge in [0.25, 0.3) is 0 Å². The van der Waals surface area contributed by atoms with E-state index in [4.69, 9.17) is 23.2 Å². The Morgan fingerprint density at radius 3 is 2.65 bits per heavy atom. The summed E-state index contributed by atoms with van der Waals surface area (Å²) in [6, 6.07) is 0. The van der Waals surface area contributed by atoms with E-state index < -0.39 is 34.8 Å². The zero-order chi connectivity index (χ0) is 13.0. The minimum atomic E-state index is -1.36. The number of carbonyl (C=O) groups excluding carboxylic acids is 2. The fourth-order valence-corrected chi connectivity index (χ4v) is 2.32. The Bertz CT molecular complexity index is 303. The van der Waals surface area contributed by atoms with Crippen molar-refractivity contribution in [1.29, 1.82) is 0 Å². The van der Waals surface area contributed by atoms with Crippen molar-refractivity contribution < 1.29 is 18.7 Å². The van der Waals surface area contributed by atoms with E-state index in [-0.39, 0.29) is 19.4 Å². The first-order chi connectivity index (χ1) is 7.95. The summed E-state index contributed by atoms with van der Waals surface area (Å²) in [7, 11) is 0. The molecule has 1 aliphatic heterocycles. The molecule has 0 spiro atoms. The first-order valence-corrected chi connectivity index (χ1v) is 6.19. The molecule has 0 saturated carbocycles. The van der Waals surface area contributed by atoms with Gasteiger partial charge in [-0.05, 0) is 13.3 Å². The van der Waals surface area contributed by atoms with Crippen molar-refractivity contribution in [3.8, 4) is 0 Å². The van der Waals surface area contributed by atoms with Crippen LogP contribution in [-0.4, -0.2) is 35.5 Å². The summed E-state index contributed by atoms with van der Waals surface area (Å²) in [5.41, 5.74) is -1.66. The van der Waals surface area contributed by atoms with Crippen LogP contribution in [0.1, 0.15) is 19.8 Å². The lowest BCUT2D eigenvalue weighted by Crippen LogP contribution is -2.50. The molecule has 1 rings (SSSR count). The van der Waals surface area contributed by atoms with Crippen LogP contribution in [-0.2, 0) is 14.3 Å². The molecule has 0 aromatic rings. The van der Waals surface area contributed by atoms with E-state index in [1.807, 2.05) is 0 Å². The second-order valence-electron chi connectivity index (χ2n) is 3.78. The number of hydrogen-bond acceptors (Lipinski definition) is 4. The summed E-state index contributed by atoms with van der Waals surface area (Å²) in [6.07, 6.45) is -1.82. The first kappa shape index (κ1) is 14.7. The van der Waals surface area contributed by atoms with Gasteiger partial charge in [-0.3, -0.25) is 14.9 Å². The van der Waals surface area contributed by atoms with Crippen LogP contribution in [0.5, 0.6) is 0 Å². The standard InChI is InChI=1S/C10H14Cl2FNO3/c1-2-17-8(16)4-7(15)5-3-6(13)10(12)14-9(5)11/h5-6,9-10,14H,2-4H2,1H3. The van der Waals surface area contributed by atoms with Gasteiger partial charge < -0.3 is 4.74 Å².